The normalized spacial score (nSPS) is 10.9. The van der Waals surface area contributed by atoms with Crippen LogP contribution in [0.15, 0.2) is 23.4 Å². The Morgan fingerprint density at radius 2 is 2.05 bits per heavy atom. The van der Waals surface area contributed by atoms with Gasteiger partial charge >= 0.3 is 0 Å². The molecule has 0 aliphatic heterocycles. The van der Waals surface area contributed by atoms with E-state index in [1.807, 2.05) is 12.1 Å². The maximum absolute atomic E-state index is 8.76. The number of tetrazole rings is 1. The van der Waals surface area contributed by atoms with Gasteiger partial charge in [0.25, 0.3) is 0 Å². The third kappa shape index (κ3) is 3.58. The molecule has 6 heteroatoms. The molecule has 5 nitrogen and oxygen atoms in total. The predicted octanol–water partition coefficient (Wildman–Crippen LogP) is 2.53. The van der Waals surface area contributed by atoms with Crippen LogP contribution in [-0.4, -0.2) is 37.7 Å². The van der Waals surface area contributed by atoms with Gasteiger partial charge in [0.15, 0.2) is 0 Å². The minimum Gasteiger partial charge on any atom is -0.396 e. The summed E-state index contributed by atoms with van der Waals surface area (Å²) in [4.78, 5) is 0. The fourth-order valence-electron chi connectivity index (χ4n) is 1.94. The zero-order valence-corrected chi connectivity index (χ0v) is 12.7. The Labute approximate surface area is 123 Å². The van der Waals surface area contributed by atoms with Crippen LogP contribution in [0.25, 0.3) is 5.69 Å². The van der Waals surface area contributed by atoms with E-state index in [1.165, 1.54) is 11.1 Å². The maximum atomic E-state index is 8.76. The van der Waals surface area contributed by atoms with Crippen LogP contribution >= 0.6 is 11.8 Å². The van der Waals surface area contributed by atoms with Crippen LogP contribution in [0, 0.1) is 13.8 Å². The molecule has 0 radical (unpaired) electrons. The highest BCUT2D eigenvalue weighted by Gasteiger charge is 2.11. The smallest absolute Gasteiger partial charge is 0.214 e. The Morgan fingerprint density at radius 1 is 1.20 bits per heavy atom. The summed E-state index contributed by atoms with van der Waals surface area (Å²) in [7, 11) is 0. The van der Waals surface area contributed by atoms with Crippen LogP contribution in [0.1, 0.15) is 30.4 Å². The number of unbranched alkanes of at least 4 members (excludes halogenated alkanes) is 2. The number of rotatable bonds is 7. The topological polar surface area (TPSA) is 63.8 Å². The summed E-state index contributed by atoms with van der Waals surface area (Å²) in [6, 6.07) is 6.15. The molecule has 0 fully saturated rings. The van der Waals surface area contributed by atoms with Crippen molar-refractivity contribution in [2.24, 2.45) is 0 Å². The Kier molecular flexibility index (Phi) is 5.55. The standard InChI is InChI=1S/C14H20N4OS/c1-11-7-6-8-13(12(11)2)18-14(15-16-17-18)20-10-5-3-4-9-19/h6-8,19H,3-5,9-10H2,1-2H3. The summed E-state index contributed by atoms with van der Waals surface area (Å²) in [5, 5.41) is 21.6. The molecule has 2 rings (SSSR count). The van der Waals surface area contributed by atoms with Gasteiger partial charge in [0, 0.05) is 12.4 Å². The predicted molar refractivity (Wildman–Crippen MR) is 80.3 cm³/mol. The Morgan fingerprint density at radius 3 is 2.85 bits per heavy atom. The van der Waals surface area contributed by atoms with Crippen molar-refractivity contribution < 1.29 is 5.11 Å². The number of aliphatic hydroxyl groups excluding tert-OH is 1. The molecule has 0 aliphatic carbocycles. The van der Waals surface area contributed by atoms with E-state index in [0.29, 0.717) is 0 Å². The van der Waals surface area contributed by atoms with Crippen molar-refractivity contribution in [3.8, 4) is 5.69 Å². The quantitative estimate of drug-likeness (QED) is 0.627. The third-order valence-corrected chi connectivity index (χ3v) is 4.28. The van der Waals surface area contributed by atoms with Gasteiger partial charge in [-0.1, -0.05) is 30.3 Å². The number of benzene rings is 1. The van der Waals surface area contributed by atoms with Crippen LogP contribution in [-0.2, 0) is 0 Å². The van der Waals surface area contributed by atoms with Crippen molar-refractivity contribution in [3.63, 3.8) is 0 Å². The second-order valence-corrected chi connectivity index (χ2v) is 5.79. The summed E-state index contributed by atoms with van der Waals surface area (Å²) in [5.41, 5.74) is 3.46. The molecule has 1 heterocycles. The van der Waals surface area contributed by atoms with E-state index in [-0.39, 0.29) is 6.61 Å². The number of thioether (sulfide) groups is 1. The molecule has 0 aliphatic rings. The number of hydrogen-bond acceptors (Lipinski definition) is 5. The molecule has 0 atom stereocenters. The molecule has 1 N–H and O–H groups in total. The minimum atomic E-state index is 0.269. The van der Waals surface area contributed by atoms with E-state index in [9.17, 15) is 0 Å². The first-order valence-corrected chi connectivity index (χ1v) is 7.81. The average Bonchev–Trinajstić information content (AvgIpc) is 2.90. The summed E-state index contributed by atoms with van der Waals surface area (Å²) >= 11 is 1.66. The fourth-order valence-corrected chi connectivity index (χ4v) is 2.82. The van der Waals surface area contributed by atoms with Gasteiger partial charge in [-0.05, 0) is 54.3 Å². The summed E-state index contributed by atoms with van der Waals surface area (Å²) in [6.07, 6.45) is 2.96. The van der Waals surface area contributed by atoms with Crippen molar-refractivity contribution in [1.82, 2.24) is 20.2 Å². The molecule has 20 heavy (non-hydrogen) atoms. The largest absolute Gasteiger partial charge is 0.396 e. The summed E-state index contributed by atoms with van der Waals surface area (Å²) < 4.78 is 1.80. The number of hydrogen-bond donors (Lipinski definition) is 1. The van der Waals surface area contributed by atoms with Crippen LogP contribution < -0.4 is 0 Å². The first-order chi connectivity index (χ1) is 9.74. The Balaban J connectivity index is 2.06. The van der Waals surface area contributed by atoms with Gasteiger partial charge in [-0.2, -0.15) is 4.68 Å². The lowest BCUT2D eigenvalue weighted by atomic mass is 10.1. The van der Waals surface area contributed by atoms with Gasteiger partial charge in [-0.25, -0.2) is 0 Å². The Bertz CT molecular complexity index is 556. The van der Waals surface area contributed by atoms with Crippen molar-refractivity contribution in [1.29, 1.82) is 0 Å². The highest BCUT2D eigenvalue weighted by atomic mass is 32.2. The molecule has 108 valence electrons. The number of aromatic nitrogens is 4. The molecule has 2 aromatic rings. The fraction of sp³-hybridized carbons (Fsp3) is 0.500. The van der Waals surface area contributed by atoms with Crippen molar-refractivity contribution >= 4 is 11.8 Å². The first-order valence-electron chi connectivity index (χ1n) is 6.82. The minimum absolute atomic E-state index is 0.269. The zero-order valence-electron chi connectivity index (χ0n) is 11.9. The van der Waals surface area contributed by atoms with Gasteiger partial charge in [0.1, 0.15) is 0 Å². The van der Waals surface area contributed by atoms with Crippen molar-refractivity contribution in [3.05, 3.63) is 29.3 Å². The zero-order chi connectivity index (χ0) is 14.4. The molecule has 0 spiro atoms. The molecule has 0 amide bonds. The number of nitrogens with zero attached hydrogens (tertiary/aromatic N) is 4. The second kappa shape index (κ2) is 7.40. The molecular weight excluding hydrogens is 272 g/mol. The highest BCUT2D eigenvalue weighted by molar-refractivity contribution is 7.99. The Hall–Kier alpha value is -1.40. The number of aryl methyl sites for hydroxylation is 1. The molecular formula is C14H20N4OS. The van der Waals surface area contributed by atoms with Crippen LogP contribution in [0.2, 0.25) is 0 Å². The lowest BCUT2D eigenvalue weighted by molar-refractivity contribution is 0.284. The maximum Gasteiger partial charge on any atom is 0.214 e. The average molecular weight is 292 g/mol. The molecule has 1 aromatic carbocycles. The lowest BCUT2D eigenvalue weighted by Crippen LogP contribution is -2.02. The van der Waals surface area contributed by atoms with Gasteiger partial charge in [0.2, 0.25) is 5.16 Å². The third-order valence-electron chi connectivity index (χ3n) is 3.28. The summed E-state index contributed by atoms with van der Waals surface area (Å²) in [6.45, 7) is 4.44. The van der Waals surface area contributed by atoms with Gasteiger partial charge in [-0.15, -0.1) is 5.10 Å². The second-order valence-electron chi connectivity index (χ2n) is 4.73. The number of aliphatic hydroxyl groups is 1. The van der Waals surface area contributed by atoms with Gasteiger partial charge in [-0.3, -0.25) is 0 Å². The van der Waals surface area contributed by atoms with E-state index in [4.69, 9.17) is 5.11 Å². The molecule has 0 saturated heterocycles. The van der Waals surface area contributed by atoms with E-state index >= 15 is 0 Å². The highest BCUT2D eigenvalue weighted by Crippen LogP contribution is 2.23. The van der Waals surface area contributed by atoms with Crippen molar-refractivity contribution in [2.45, 2.75) is 38.3 Å². The first kappa shape index (κ1) is 15.0. The van der Waals surface area contributed by atoms with Crippen molar-refractivity contribution in [2.75, 3.05) is 12.4 Å². The van der Waals surface area contributed by atoms with Crippen LogP contribution in [0.5, 0.6) is 0 Å². The van der Waals surface area contributed by atoms with Gasteiger partial charge < -0.3 is 5.11 Å². The van der Waals surface area contributed by atoms with E-state index < -0.39 is 0 Å². The van der Waals surface area contributed by atoms with Crippen LogP contribution in [0.4, 0.5) is 0 Å². The molecule has 0 bridgehead atoms. The lowest BCUT2D eigenvalue weighted by Gasteiger charge is -2.09. The molecule has 1 aromatic heterocycles. The van der Waals surface area contributed by atoms with Gasteiger partial charge in [0.05, 0.1) is 5.69 Å². The summed E-state index contributed by atoms with van der Waals surface area (Å²) in [5.74, 6) is 0.964. The van der Waals surface area contributed by atoms with E-state index in [1.54, 1.807) is 16.4 Å². The molecule has 0 unspecified atom stereocenters. The van der Waals surface area contributed by atoms with E-state index in [2.05, 4.69) is 35.4 Å². The SMILES string of the molecule is Cc1cccc(-n2nnnc2SCCCCCO)c1C. The van der Waals surface area contributed by atoms with E-state index in [0.717, 1.165) is 35.9 Å². The molecule has 0 saturated carbocycles. The van der Waals surface area contributed by atoms with Crippen LogP contribution in [0.3, 0.4) is 0 Å². The monoisotopic (exact) mass is 292 g/mol.